The Labute approximate surface area is 328 Å². The third kappa shape index (κ3) is 11.1. The van der Waals surface area contributed by atoms with Crippen LogP contribution in [0.25, 0.3) is 0 Å². The number of urea groups is 1. The first kappa shape index (κ1) is 46.9. The first-order valence-corrected chi connectivity index (χ1v) is 22.2. The van der Waals surface area contributed by atoms with E-state index in [9.17, 15) is 44.5 Å². The second-order valence-corrected chi connectivity index (χ2v) is 23.7. The predicted molar refractivity (Wildman–Crippen MR) is 205 cm³/mol. The number of nitrogens with zero attached hydrogens (tertiary/aromatic N) is 2. The summed E-state index contributed by atoms with van der Waals surface area (Å²) in [6.07, 6.45) is -8.31. The minimum atomic E-state index is -5.09. The molecule has 0 radical (unpaired) electrons. The zero-order valence-electron chi connectivity index (χ0n) is 34.0. The van der Waals surface area contributed by atoms with Crippen molar-refractivity contribution in [3.8, 4) is 0 Å². The summed E-state index contributed by atoms with van der Waals surface area (Å²) >= 11 is 0. The number of esters is 1. The van der Waals surface area contributed by atoms with Crippen molar-refractivity contribution in [3.05, 3.63) is 81.9 Å². The van der Waals surface area contributed by atoms with E-state index in [-0.39, 0.29) is 48.2 Å². The molecule has 8 nitrogen and oxygen atoms in total. The van der Waals surface area contributed by atoms with E-state index in [1.54, 1.807) is 33.8 Å². The highest BCUT2D eigenvalue weighted by Crippen LogP contribution is 2.44. The highest BCUT2D eigenvalue weighted by molar-refractivity contribution is 7.84. The Morgan fingerprint density at radius 2 is 1.57 bits per heavy atom. The number of hydrogen-bond donors (Lipinski definition) is 1. The Balaban J connectivity index is 2.18. The second kappa shape index (κ2) is 16.8. The number of aryl methyl sites for hydroxylation is 1. The zero-order valence-corrected chi connectivity index (χ0v) is 35.8. The topological polar surface area (TPSA) is 88.2 Å². The lowest BCUT2D eigenvalue weighted by Gasteiger charge is -2.49. The first-order valence-electron chi connectivity index (χ1n) is 18.1. The number of benzene rings is 2. The number of piperidine rings is 1. The van der Waals surface area contributed by atoms with Crippen molar-refractivity contribution in [1.82, 2.24) is 14.5 Å². The van der Waals surface area contributed by atoms with Crippen LogP contribution in [-0.2, 0) is 37.3 Å². The SMILES string of the molecule is COC(=O)/C(=C/C[C@@]1(NS(=O)C(C)(C)C)CCN(C(=O)N(C)[C@H](C)c2cc(C(F)(F)F)cc(C(F)(F)F)c2)[C@@H](c2ccc(F)cc2C)C1)O[Si](C)(C)C(C)(C)C. The summed E-state index contributed by atoms with van der Waals surface area (Å²) in [5, 5.41) is -0.285. The molecule has 0 spiro atoms. The maximum atomic E-state index is 14.5. The lowest BCUT2D eigenvalue weighted by atomic mass is 9.78. The number of methoxy groups -OCH3 is 1. The Bertz CT molecular complexity index is 1790. The molecule has 1 unspecified atom stereocenters. The van der Waals surface area contributed by atoms with Crippen molar-refractivity contribution in [2.75, 3.05) is 20.7 Å². The molecule has 2 aromatic carbocycles. The maximum absolute atomic E-state index is 14.5. The molecule has 2 amide bonds. The molecule has 1 aliphatic rings. The molecule has 1 heterocycles. The highest BCUT2D eigenvalue weighted by atomic mass is 32.2. The standard InChI is InChI=1S/C39H54F7N3O5SSi/c1-24-19-29(40)13-14-30(24)31-23-37(47-55(52)35(3,4)5,16-15-32(33(50)53-10)54-56(11,12)36(6,7)8)17-18-49(31)34(51)48(9)25(2)26-20-27(38(41,42)43)22-28(21-26)39(44,45)46/h13-15,19-22,25,31,47H,16-18,23H2,1-12H3/b32-15-/t25-,31-,37-,55?/m1/s1. The average Bonchev–Trinajstić information content (AvgIpc) is 3.06. The lowest BCUT2D eigenvalue weighted by Crippen LogP contribution is -2.59. The minimum Gasteiger partial charge on any atom is -0.539 e. The van der Waals surface area contributed by atoms with Crippen molar-refractivity contribution in [2.45, 2.75) is 128 Å². The number of carbonyl (C=O) groups excluding carboxylic acids is 2. The van der Waals surface area contributed by atoms with Crippen LogP contribution in [0.1, 0.15) is 108 Å². The lowest BCUT2D eigenvalue weighted by molar-refractivity contribution is -0.143. The van der Waals surface area contributed by atoms with Crippen LogP contribution in [0.3, 0.4) is 0 Å². The number of nitrogens with one attached hydrogen (secondary N) is 1. The van der Waals surface area contributed by atoms with Gasteiger partial charge in [0.05, 0.1) is 46.1 Å². The normalized spacial score (nSPS) is 20.0. The molecule has 0 aromatic heterocycles. The van der Waals surface area contributed by atoms with Crippen LogP contribution >= 0.6 is 0 Å². The molecular weight excluding hydrogens is 784 g/mol. The summed E-state index contributed by atoms with van der Waals surface area (Å²) < 4.78 is 125. The summed E-state index contributed by atoms with van der Waals surface area (Å²) in [4.78, 5) is 30.0. The van der Waals surface area contributed by atoms with Gasteiger partial charge in [-0.15, -0.1) is 0 Å². The summed E-state index contributed by atoms with van der Waals surface area (Å²) in [6.45, 7) is 18.2. The fourth-order valence-corrected chi connectivity index (χ4v) is 8.05. The van der Waals surface area contributed by atoms with Crippen LogP contribution in [0, 0.1) is 12.7 Å². The van der Waals surface area contributed by atoms with Crippen LogP contribution < -0.4 is 4.72 Å². The number of ether oxygens (including phenoxy) is 1. The van der Waals surface area contributed by atoms with Gasteiger partial charge in [0, 0.05) is 19.1 Å². The fourth-order valence-electron chi connectivity index (χ4n) is 6.06. The van der Waals surface area contributed by atoms with Crippen LogP contribution in [0.4, 0.5) is 35.5 Å². The van der Waals surface area contributed by atoms with Crippen molar-refractivity contribution in [2.24, 2.45) is 0 Å². The van der Waals surface area contributed by atoms with Gasteiger partial charge in [-0.2, -0.15) is 26.3 Å². The Morgan fingerprint density at radius 1 is 1.02 bits per heavy atom. The van der Waals surface area contributed by atoms with Gasteiger partial charge in [0.1, 0.15) is 5.82 Å². The number of halogens is 7. The van der Waals surface area contributed by atoms with Gasteiger partial charge in [-0.3, -0.25) is 0 Å². The van der Waals surface area contributed by atoms with Gasteiger partial charge in [0.25, 0.3) is 8.32 Å². The number of hydrogen-bond acceptors (Lipinski definition) is 5. The predicted octanol–water partition coefficient (Wildman–Crippen LogP) is 10.4. The van der Waals surface area contributed by atoms with Crippen molar-refractivity contribution >= 4 is 31.3 Å². The number of carbonyl (C=O) groups is 2. The van der Waals surface area contributed by atoms with Crippen molar-refractivity contribution in [1.29, 1.82) is 0 Å². The smallest absolute Gasteiger partial charge is 0.416 e. The fraction of sp³-hybridized carbons (Fsp3) is 0.590. The summed E-state index contributed by atoms with van der Waals surface area (Å²) in [5.41, 5.74) is -3.49. The van der Waals surface area contributed by atoms with E-state index in [1.807, 2.05) is 33.9 Å². The summed E-state index contributed by atoms with van der Waals surface area (Å²) in [7, 11) is -1.74. The molecule has 1 N–H and O–H groups in total. The molecule has 0 bridgehead atoms. The van der Waals surface area contributed by atoms with Gasteiger partial charge in [-0.05, 0) is 125 Å². The second-order valence-electron chi connectivity index (χ2n) is 17.0. The highest BCUT2D eigenvalue weighted by Gasteiger charge is 2.47. The van der Waals surface area contributed by atoms with E-state index in [4.69, 9.17) is 9.16 Å². The summed E-state index contributed by atoms with van der Waals surface area (Å²) in [5.74, 6) is -1.27. The Kier molecular flexibility index (Phi) is 14.1. The molecule has 1 aliphatic heterocycles. The molecule has 314 valence electrons. The van der Waals surface area contributed by atoms with Gasteiger partial charge < -0.3 is 19.0 Å². The number of amides is 2. The molecule has 3 rings (SSSR count). The molecule has 2 aromatic rings. The maximum Gasteiger partial charge on any atom is 0.416 e. The van der Waals surface area contributed by atoms with Crippen molar-refractivity contribution in [3.63, 3.8) is 0 Å². The molecule has 0 aliphatic carbocycles. The van der Waals surface area contributed by atoms with E-state index >= 15 is 0 Å². The molecule has 17 heteroatoms. The van der Waals surface area contributed by atoms with Gasteiger partial charge in [0.15, 0.2) is 5.76 Å². The zero-order chi connectivity index (χ0) is 43.0. The van der Waals surface area contributed by atoms with E-state index < -0.39 is 83.0 Å². The third-order valence-electron chi connectivity index (χ3n) is 10.7. The molecular formula is C39H54F7N3O5SSi. The monoisotopic (exact) mass is 837 g/mol. The van der Waals surface area contributed by atoms with Gasteiger partial charge in [-0.25, -0.2) is 22.9 Å². The number of rotatable bonds is 10. The molecule has 56 heavy (non-hydrogen) atoms. The van der Waals surface area contributed by atoms with E-state index in [1.165, 1.54) is 44.2 Å². The van der Waals surface area contributed by atoms with Gasteiger partial charge in [0.2, 0.25) is 0 Å². The Morgan fingerprint density at radius 3 is 2.04 bits per heavy atom. The van der Waals surface area contributed by atoms with E-state index in [0.717, 1.165) is 4.90 Å². The molecule has 1 saturated heterocycles. The number of likely N-dealkylation sites (tertiary alicyclic amines) is 1. The van der Waals surface area contributed by atoms with Gasteiger partial charge in [-0.1, -0.05) is 26.8 Å². The Hall–Kier alpha value is -3.44. The van der Waals surface area contributed by atoms with E-state index in [2.05, 4.69) is 4.72 Å². The molecule has 4 atom stereocenters. The van der Waals surface area contributed by atoms with Crippen LogP contribution in [0.5, 0.6) is 0 Å². The van der Waals surface area contributed by atoms with Crippen molar-refractivity contribution < 1.29 is 53.7 Å². The largest absolute Gasteiger partial charge is 0.539 e. The molecule has 1 fully saturated rings. The first-order chi connectivity index (χ1) is 25.3. The molecule has 0 saturated carbocycles. The van der Waals surface area contributed by atoms with Crippen LogP contribution in [-0.4, -0.2) is 65.3 Å². The minimum absolute atomic E-state index is 0.0253. The summed E-state index contributed by atoms with van der Waals surface area (Å²) in [6, 6.07) is 2.40. The third-order valence-corrected chi connectivity index (χ3v) is 16.8. The van der Waals surface area contributed by atoms with Gasteiger partial charge >= 0.3 is 24.4 Å². The van der Waals surface area contributed by atoms with Crippen LogP contribution in [0.2, 0.25) is 18.1 Å². The van der Waals surface area contributed by atoms with Crippen LogP contribution in [0.15, 0.2) is 48.2 Å². The van der Waals surface area contributed by atoms with E-state index in [0.29, 0.717) is 23.3 Å². The quantitative estimate of drug-likeness (QED) is 0.0847. The number of alkyl halides is 6. The average molecular weight is 838 g/mol.